The number of nitrogens with zero attached hydrogens (tertiary/aromatic N) is 2. The molecule has 10 heteroatoms. The number of nitrogens with one attached hydrogen (secondary N) is 2. The zero-order valence-electron chi connectivity index (χ0n) is 19.0. The minimum atomic E-state index is -0.618. The van der Waals surface area contributed by atoms with E-state index < -0.39 is 11.9 Å². The molecule has 0 atom stereocenters. The normalized spacial score (nSPS) is 10.8. The Bertz CT molecular complexity index is 1410. The number of aromatic nitrogens is 2. The first-order valence-electron chi connectivity index (χ1n) is 10.5. The van der Waals surface area contributed by atoms with Crippen LogP contribution >= 0.6 is 11.3 Å². The molecule has 0 unspecified atom stereocenters. The van der Waals surface area contributed by atoms with Crippen LogP contribution in [0.15, 0.2) is 40.9 Å². The Morgan fingerprint density at radius 2 is 1.85 bits per heavy atom. The Kier molecular flexibility index (Phi) is 6.42. The molecule has 3 aromatic heterocycles. The highest BCUT2D eigenvalue weighted by Crippen LogP contribution is 2.35. The van der Waals surface area contributed by atoms with Crippen molar-refractivity contribution in [1.29, 1.82) is 0 Å². The van der Waals surface area contributed by atoms with Gasteiger partial charge in [-0.1, -0.05) is 35.5 Å². The zero-order valence-corrected chi connectivity index (χ0v) is 19.8. The molecular formula is C24H22N4O5S. The van der Waals surface area contributed by atoms with E-state index in [0.29, 0.717) is 27.2 Å². The van der Waals surface area contributed by atoms with Crippen molar-refractivity contribution in [3.63, 3.8) is 0 Å². The molecular weight excluding hydrogens is 456 g/mol. The van der Waals surface area contributed by atoms with Gasteiger partial charge in [0.05, 0.1) is 39.4 Å². The van der Waals surface area contributed by atoms with E-state index in [2.05, 4.69) is 20.8 Å². The van der Waals surface area contributed by atoms with Gasteiger partial charge >= 0.3 is 5.97 Å². The van der Waals surface area contributed by atoms with Crippen LogP contribution in [0.3, 0.4) is 0 Å². The smallest absolute Gasteiger partial charge is 0.341 e. The number of carbonyl (C=O) groups is 3. The fourth-order valence-electron chi connectivity index (χ4n) is 3.58. The number of benzene rings is 1. The summed E-state index contributed by atoms with van der Waals surface area (Å²) in [5.74, 6) is -1.47. The molecule has 0 aliphatic rings. The Hall–Kier alpha value is -4.05. The molecule has 0 aliphatic carbocycles. The third-order valence-electron chi connectivity index (χ3n) is 5.22. The van der Waals surface area contributed by atoms with Crippen LogP contribution in [0.25, 0.3) is 22.4 Å². The van der Waals surface area contributed by atoms with Crippen LogP contribution in [0.2, 0.25) is 0 Å². The average molecular weight is 479 g/mol. The van der Waals surface area contributed by atoms with Crippen molar-refractivity contribution >= 4 is 45.2 Å². The molecule has 9 nitrogen and oxygen atoms in total. The molecule has 3 heterocycles. The van der Waals surface area contributed by atoms with Crippen molar-refractivity contribution in [2.75, 3.05) is 19.0 Å². The van der Waals surface area contributed by atoms with Gasteiger partial charge in [-0.25, -0.2) is 9.78 Å². The number of ether oxygens (including phenoxy) is 1. The highest BCUT2D eigenvalue weighted by molar-refractivity contribution is 7.18. The molecule has 0 saturated heterocycles. The first kappa shape index (κ1) is 23.1. The van der Waals surface area contributed by atoms with E-state index in [4.69, 9.17) is 9.26 Å². The van der Waals surface area contributed by atoms with Gasteiger partial charge in [-0.2, -0.15) is 0 Å². The number of rotatable bonds is 6. The molecule has 0 spiro atoms. The number of esters is 1. The maximum absolute atomic E-state index is 13.5. The molecule has 0 radical (unpaired) electrons. The van der Waals surface area contributed by atoms with Gasteiger partial charge in [0, 0.05) is 12.6 Å². The van der Waals surface area contributed by atoms with Crippen molar-refractivity contribution in [2.24, 2.45) is 0 Å². The summed E-state index contributed by atoms with van der Waals surface area (Å²) in [6.45, 7) is 5.20. The highest BCUT2D eigenvalue weighted by Gasteiger charge is 2.28. The zero-order chi connectivity index (χ0) is 24.4. The lowest BCUT2D eigenvalue weighted by atomic mass is 10.0. The predicted octanol–water partition coefficient (Wildman–Crippen LogP) is 4.36. The first-order chi connectivity index (χ1) is 16.3. The number of hydrogen-bond acceptors (Lipinski definition) is 8. The summed E-state index contributed by atoms with van der Waals surface area (Å²) in [5, 5.41) is 10.00. The second kappa shape index (κ2) is 9.44. The maximum atomic E-state index is 13.5. The van der Waals surface area contributed by atoms with Gasteiger partial charge in [0.25, 0.3) is 17.5 Å². The van der Waals surface area contributed by atoms with Gasteiger partial charge in [-0.05, 0) is 32.4 Å². The van der Waals surface area contributed by atoms with Gasteiger partial charge in [-0.15, -0.1) is 11.3 Å². The number of carbonyl (C=O) groups excluding carboxylic acids is 3. The van der Waals surface area contributed by atoms with Crippen LogP contribution < -0.4 is 10.6 Å². The second-order valence-electron chi connectivity index (χ2n) is 7.38. The predicted molar refractivity (Wildman–Crippen MR) is 128 cm³/mol. The Labute approximate surface area is 199 Å². The summed E-state index contributed by atoms with van der Waals surface area (Å²) in [5.41, 5.74) is 2.93. The lowest BCUT2D eigenvalue weighted by Crippen LogP contribution is -2.18. The molecule has 2 amide bonds. The molecule has 0 fully saturated rings. The van der Waals surface area contributed by atoms with Crippen molar-refractivity contribution in [2.45, 2.75) is 20.8 Å². The van der Waals surface area contributed by atoms with Crippen molar-refractivity contribution in [3.8, 4) is 11.3 Å². The van der Waals surface area contributed by atoms with Crippen LogP contribution in [-0.2, 0) is 4.74 Å². The van der Waals surface area contributed by atoms with E-state index in [-0.39, 0.29) is 34.4 Å². The monoisotopic (exact) mass is 478 g/mol. The molecule has 34 heavy (non-hydrogen) atoms. The molecule has 174 valence electrons. The summed E-state index contributed by atoms with van der Waals surface area (Å²) in [6, 6.07) is 11.0. The summed E-state index contributed by atoms with van der Waals surface area (Å²) in [4.78, 5) is 43.3. The van der Waals surface area contributed by atoms with Crippen LogP contribution in [-0.4, -0.2) is 41.6 Å². The average Bonchev–Trinajstić information content (AvgIpc) is 3.38. The molecule has 0 bridgehead atoms. The quantitative estimate of drug-likeness (QED) is 0.395. The number of aryl methyl sites for hydroxylation is 1. The minimum Gasteiger partial charge on any atom is -0.462 e. The SMILES string of the molecule is CCOC(=O)c1c(NC(=O)c2cc(-c3ccccc3)nc3onc(C)c23)sc(C(=O)NC)c1C. The Morgan fingerprint density at radius 3 is 2.53 bits per heavy atom. The number of pyridine rings is 1. The van der Waals surface area contributed by atoms with E-state index in [9.17, 15) is 14.4 Å². The van der Waals surface area contributed by atoms with Gasteiger partial charge in [0.15, 0.2) is 0 Å². The van der Waals surface area contributed by atoms with Crippen LogP contribution in [0, 0.1) is 13.8 Å². The highest BCUT2D eigenvalue weighted by atomic mass is 32.1. The number of amides is 2. The van der Waals surface area contributed by atoms with E-state index in [1.165, 1.54) is 7.05 Å². The lowest BCUT2D eigenvalue weighted by Gasteiger charge is -2.09. The summed E-state index contributed by atoms with van der Waals surface area (Å²) < 4.78 is 10.5. The van der Waals surface area contributed by atoms with E-state index in [1.54, 1.807) is 26.8 Å². The second-order valence-corrected chi connectivity index (χ2v) is 8.40. The topological polar surface area (TPSA) is 123 Å². The maximum Gasteiger partial charge on any atom is 0.341 e. The summed E-state index contributed by atoms with van der Waals surface area (Å²) in [7, 11) is 1.50. The van der Waals surface area contributed by atoms with Crippen LogP contribution in [0.5, 0.6) is 0 Å². The van der Waals surface area contributed by atoms with Crippen molar-refractivity contribution in [1.82, 2.24) is 15.5 Å². The van der Waals surface area contributed by atoms with Crippen LogP contribution in [0.1, 0.15) is 48.6 Å². The largest absolute Gasteiger partial charge is 0.462 e. The van der Waals surface area contributed by atoms with Crippen LogP contribution in [0.4, 0.5) is 5.00 Å². The third-order valence-corrected chi connectivity index (χ3v) is 6.42. The fraction of sp³-hybridized carbons (Fsp3) is 0.208. The van der Waals surface area contributed by atoms with E-state index in [1.807, 2.05) is 30.3 Å². The summed E-state index contributed by atoms with van der Waals surface area (Å²) >= 11 is 1.01. The van der Waals surface area contributed by atoms with Gasteiger partial charge in [0.1, 0.15) is 5.00 Å². The molecule has 2 N–H and O–H groups in total. The number of anilines is 1. The lowest BCUT2D eigenvalue weighted by molar-refractivity contribution is 0.0527. The van der Waals surface area contributed by atoms with E-state index >= 15 is 0 Å². The third kappa shape index (κ3) is 4.15. The standard InChI is InChI=1S/C24H22N4O5S/c1-5-32-24(31)17-12(2)19(21(30)25-4)34-23(17)27-20(29)15-11-16(14-9-7-6-8-10-14)26-22-18(15)13(3)28-33-22/h6-11H,5H2,1-4H3,(H,25,30)(H,27,29). The van der Waals surface area contributed by atoms with Gasteiger partial charge in [-0.3, -0.25) is 9.59 Å². The van der Waals surface area contributed by atoms with Crippen molar-refractivity contribution in [3.05, 3.63) is 63.7 Å². The molecule has 1 aromatic carbocycles. The van der Waals surface area contributed by atoms with Gasteiger partial charge < -0.3 is 19.9 Å². The Balaban J connectivity index is 1.82. The molecule has 4 aromatic rings. The molecule has 0 aliphatic heterocycles. The minimum absolute atomic E-state index is 0.148. The fourth-order valence-corrected chi connectivity index (χ4v) is 4.72. The van der Waals surface area contributed by atoms with Crippen molar-refractivity contribution < 1.29 is 23.6 Å². The Morgan fingerprint density at radius 1 is 1.12 bits per heavy atom. The number of fused-ring (bicyclic) bond motifs is 1. The molecule has 0 saturated carbocycles. The first-order valence-corrected chi connectivity index (χ1v) is 11.3. The molecule has 4 rings (SSSR count). The number of hydrogen-bond donors (Lipinski definition) is 2. The number of thiophene rings is 1. The van der Waals surface area contributed by atoms with Gasteiger partial charge in [0.2, 0.25) is 0 Å². The summed E-state index contributed by atoms with van der Waals surface area (Å²) in [6.07, 6.45) is 0. The van der Waals surface area contributed by atoms with E-state index in [0.717, 1.165) is 16.9 Å².